The Kier molecular flexibility index (Phi) is 7.97. The van der Waals surface area contributed by atoms with Crippen molar-refractivity contribution in [2.45, 2.75) is 76.4 Å². The number of amides is 2. The van der Waals surface area contributed by atoms with Crippen molar-refractivity contribution in [3.63, 3.8) is 0 Å². The van der Waals surface area contributed by atoms with Crippen LogP contribution in [0.15, 0.2) is 24.4 Å². The zero-order valence-electron chi connectivity index (χ0n) is 22.6. The number of likely N-dealkylation sites (tertiary alicyclic amines) is 1. The van der Waals surface area contributed by atoms with Crippen LogP contribution >= 0.6 is 0 Å². The number of piperidine rings is 1. The number of rotatable bonds is 6. The summed E-state index contributed by atoms with van der Waals surface area (Å²) in [6, 6.07) is 5.93. The van der Waals surface area contributed by atoms with Crippen molar-refractivity contribution < 1.29 is 14.3 Å². The molecule has 2 fully saturated rings. The van der Waals surface area contributed by atoms with E-state index in [1.807, 2.05) is 6.07 Å². The zero-order valence-corrected chi connectivity index (χ0v) is 22.6. The van der Waals surface area contributed by atoms with Crippen LogP contribution in [0.3, 0.4) is 0 Å². The number of carbonyl (C=O) groups is 2. The van der Waals surface area contributed by atoms with E-state index < -0.39 is 0 Å². The minimum absolute atomic E-state index is 0.0165. The van der Waals surface area contributed by atoms with Gasteiger partial charge in [0.2, 0.25) is 11.9 Å². The van der Waals surface area contributed by atoms with Crippen LogP contribution in [-0.4, -0.2) is 72.1 Å². The largest absolute Gasteiger partial charge is 0.495 e. The summed E-state index contributed by atoms with van der Waals surface area (Å²) in [6.07, 6.45) is 9.82. The summed E-state index contributed by atoms with van der Waals surface area (Å²) in [5.74, 6) is 1.58. The zero-order chi connectivity index (χ0) is 26.6. The molecule has 2 aromatic rings. The van der Waals surface area contributed by atoms with Crippen molar-refractivity contribution in [3.05, 3.63) is 30.0 Å². The molecular formula is C28H39N7O3. The lowest BCUT2D eigenvalue weighted by molar-refractivity contribution is -0.116. The average Bonchev–Trinajstić information content (AvgIpc) is 3.04. The van der Waals surface area contributed by atoms with E-state index in [4.69, 9.17) is 9.72 Å². The second-order valence-electron chi connectivity index (χ2n) is 10.8. The fraction of sp³-hybridized carbons (Fsp3) is 0.571. The van der Waals surface area contributed by atoms with Gasteiger partial charge in [-0.1, -0.05) is 19.3 Å². The van der Waals surface area contributed by atoms with Crippen molar-refractivity contribution in [2.24, 2.45) is 0 Å². The number of aromatic nitrogens is 2. The van der Waals surface area contributed by atoms with Crippen LogP contribution in [0.5, 0.6) is 5.75 Å². The van der Waals surface area contributed by atoms with Crippen molar-refractivity contribution in [3.8, 4) is 5.75 Å². The van der Waals surface area contributed by atoms with Crippen LogP contribution in [0, 0.1) is 0 Å². The minimum Gasteiger partial charge on any atom is -0.495 e. The standard InChI is InChI=1S/C28H39N7O3/c1-18-15-25(36)31-23-17-29-28(33-26(23)35(18)21-7-5-4-6-8-21)32-22-10-9-19(16-24(22)38-3)27(37)30-20-11-13-34(2)14-12-20/h9-10,16-18,20-21H,4-8,11-15H2,1-3H3,(H,30,37)(H,31,36)(H,29,32,33). The van der Waals surface area contributed by atoms with E-state index in [0.717, 1.165) is 44.6 Å². The van der Waals surface area contributed by atoms with Gasteiger partial charge in [0.05, 0.1) is 19.0 Å². The first-order valence-corrected chi connectivity index (χ1v) is 13.8. The molecule has 1 atom stereocenters. The molecule has 204 valence electrons. The molecule has 38 heavy (non-hydrogen) atoms. The maximum absolute atomic E-state index is 12.9. The quantitative estimate of drug-likeness (QED) is 0.525. The molecule has 2 aliphatic heterocycles. The summed E-state index contributed by atoms with van der Waals surface area (Å²) in [6.45, 7) is 4.06. The highest BCUT2D eigenvalue weighted by Gasteiger charge is 2.33. The molecule has 3 aliphatic rings. The third kappa shape index (κ3) is 5.85. The summed E-state index contributed by atoms with van der Waals surface area (Å²) >= 11 is 0. The van der Waals surface area contributed by atoms with Crippen molar-refractivity contribution in [1.29, 1.82) is 0 Å². The minimum atomic E-state index is -0.0986. The van der Waals surface area contributed by atoms with Crippen LogP contribution in [0.2, 0.25) is 0 Å². The SMILES string of the molecule is COc1cc(C(=O)NC2CCN(C)CC2)ccc1Nc1ncc2c(n1)N(C1CCCCC1)C(C)CC(=O)N2. The fourth-order valence-electron chi connectivity index (χ4n) is 5.86. The summed E-state index contributed by atoms with van der Waals surface area (Å²) in [5, 5.41) is 9.41. The van der Waals surface area contributed by atoms with Gasteiger partial charge in [0.25, 0.3) is 5.91 Å². The first kappa shape index (κ1) is 26.2. The topological polar surface area (TPSA) is 112 Å². The Labute approximate surface area is 224 Å². The molecule has 1 saturated heterocycles. The summed E-state index contributed by atoms with van der Waals surface area (Å²) in [4.78, 5) is 39.4. The molecule has 1 saturated carbocycles. The van der Waals surface area contributed by atoms with Gasteiger partial charge in [-0.15, -0.1) is 0 Å². The highest BCUT2D eigenvalue weighted by Crippen LogP contribution is 2.36. The van der Waals surface area contributed by atoms with Gasteiger partial charge in [-0.2, -0.15) is 4.98 Å². The molecule has 3 N–H and O–H groups in total. The molecule has 3 heterocycles. The Morgan fingerprint density at radius 2 is 1.89 bits per heavy atom. The van der Waals surface area contributed by atoms with Gasteiger partial charge in [-0.3, -0.25) is 9.59 Å². The number of anilines is 4. The van der Waals surface area contributed by atoms with Gasteiger partial charge in [0.1, 0.15) is 11.4 Å². The highest BCUT2D eigenvalue weighted by atomic mass is 16.5. The van der Waals surface area contributed by atoms with Crippen LogP contribution in [0.4, 0.5) is 23.1 Å². The molecule has 0 bridgehead atoms. The van der Waals surface area contributed by atoms with Gasteiger partial charge in [-0.05, 0) is 70.9 Å². The Balaban J connectivity index is 1.36. The first-order chi connectivity index (χ1) is 18.4. The molecule has 5 rings (SSSR count). The third-order valence-corrected chi connectivity index (χ3v) is 7.98. The highest BCUT2D eigenvalue weighted by molar-refractivity contribution is 5.96. The average molecular weight is 522 g/mol. The Bertz CT molecular complexity index is 1160. The van der Waals surface area contributed by atoms with Crippen LogP contribution in [-0.2, 0) is 4.79 Å². The van der Waals surface area contributed by atoms with Crippen molar-refractivity contribution in [1.82, 2.24) is 20.2 Å². The predicted octanol–water partition coefficient (Wildman–Crippen LogP) is 3.92. The van der Waals surface area contributed by atoms with Crippen molar-refractivity contribution in [2.75, 3.05) is 42.8 Å². The lowest BCUT2D eigenvalue weighted by atomic mass is 9.93. The smallest absolute Gasteiger partial charge is 0.251 e. The van der Waals surface area contributed by atoms with E-state index in [2.05, 4.69) is 44.7 Å². The van der Waals surface area contributed by atoms with Crippen LogP contribution in [0.25, 0.3) is 0 Å². The number of ether oxygens (including phenoxy) is 1. The molecular weight excluding hydrogens is 482 g/mol. The lowest BCUT2D eigenvalue weighted by Gasteiger charge is -2.38. The molecule has 1 aromatic carbocycles. The van der Waals surface area contributed by atoms with E-state index in [9.17, 15) is 9.59 Å². The third-order valence-electron chi connectivity index (χ3n) is 7.98. The fourth-order valence-corrected chi connectivity index (χ4v) is 5.86. The van der Waals surface area contributed by atoms with E-state index >= 15 is 0 Å². The number of methoxy groups -OCH3 is 1. The van der Waals surface area contributed by atoms with Gasteiger partial charge in [0.15, 0.2) is 5.82 Å². The molecule has 1 aromatic heterocycles. The Morgan fingerprint density at radius 1 is 1.13 bits per heavy atom. The first-order valence-electron chi connectivity index (χ1n) is 13.8. The maximum atomic E-state index is 12.9. The normalized spacial score (nSPS) is 21.3. The summed E-state index contributed by atoms with van der Waals surface area (Å²) in [7, 11) is 3.69. The second-order valence-corrected chi connectivity index (χ2v) is 10.8. The second kappa shape index (κ2) is 11.6. The maximum Gasteiger partial charge on any atom is 0.251 e. The van der Waals surface area contributed by atoms with Crippen LogP contribution in [0.1, 0.15) is 68.6 Å². The molecule has 0 radical (unpaired) electrons. The summed E-state index contributed by atoms with van der Waals surface area (Å²) < 4.78 is 5.62. The van der Waals surface area contributed by atoms with Gasteiger partial charge in [-0.25, -0.2) is 4.98 Å². The molecule has 0 spiro atoms. The Hall–Kier alpha value is -3.40. The number of carbonyl (C=O) groups excluding carboxylic acids is 2. The van der Waals surface area contributed by atoms with E-state index in [1.54, 1.807) is 25.4 Å². The summed E-state index contributed by atoms with van der Waals surface area (Å²) in [5.41, 5.74) is 1.86. The van der Waals surface area contributed by atoms with E-state index in [1.165, 1.54) is 19.3 Å². The van der Waals surface area contributed by atoms with Crippen molar-refractivity contribution >= 4 is 35.0 Å². The van der Waals surface area contributed by atoms with Gasteiger partial charge in [0, 0.05) is 30.1 Å². The molecule has 10 heteroatoms. The number of nitrogens with zero attached hydrogens (tertiary/aromatic N) is 4. The Morgan fingerprint density at radius 3 is 2.63 bits per heavy atom. The molecule has 2 amide bonds. The number of nitrogens with one attached hydrogen (secondary N) is 3. The molecule has 1 unspecified atom stereocenters. The predicted molar refractivity (Wildman–Crippen MR) is 148 cm³/mol. The van der Waals surface area contributed by atoms with E-state index in [-0.39, 0.29) is 23.9 Å². The molecule has 10 nitrogen and oxygen atoms in total. The lowest BCUT2D eigenvalue weighted by Crippen LogP contribution is -2.43. The van der Waals surface area contributed by atoms with E-state index in [0.29, 0.717) is 41.1 Å². The molecule has 1 aliphatic carbocycles. The number of hydrogen-bond donors (Lipinski definition) is 3. The van der Waals surface area contributed by atoms with Gasteiger partial charge < -0.3 is 30.5 Å². The number of fused-ring (bicyclic) bond motifs is 1. The number of hydrogen-bond acceptors (Lipinski definition) is 8. The number of benzene rings is 1. The van der Waals surface area contributed by atoms with Gasteiger partial charge >= 0.3 is 0 Å². The monoisotopic (exact) mass is 521 g/mol. The van der Waals surface area contributed by atoms with Crippen LogP contribution < -0.4 is 25.6 Å².